The molecule has 0 fully saturated rings. The third-order valence-corrected chi connectivity index (χ3v) is 3.34. The maximum Gasteiger partial charge on any atom is 0.332 e. The molecule has 3 rings (SSSR count). The number of aromatic hydroxyl groups is 1. The van der Waals surface area contributed by atoms with E-state index in [4.69, 9.17) is 12.3 Å². The number of fused-ring (bicyclic) bond motifs is 3. The Kier molecular flexibility index (Phi) is 2.94. The zero-order valence-corrected chi connectivity index (χ0v) is 11.0. The first-order valence-corrected chi connectivity index (χ1v) is 6.24. The van der Waals surface area contributed by atoms with Crippen LogP contribution in [0.15, 0.2) is 50.9 Å². The predicted molar refractivity (Wildman–Crippen MR) is 81.5 cm³/mol. The van der Waals surface area contributed by atoms with E-state index in [9.17, 15) is 14.7 Å². The van der Waals surface area contributed by atoms with Crippen molar-refractivity contribution in [3.63, 3.8) is 0 Å². The number of nitrogens with zero attached hydrogens (tertiary/aromatic N) is 1. The van der Waals surface area contributed by atoms with Crippen molar-refractivity contribution in [3.05, 3.63) is 57.7 Å². The van der Waals surface area contributed by atoms with E-state index in [-0.39, 0.29) is 17.5 Å². The summed E-state index contributed by atoms with van der Waals surface area (Å²) in [5.41, 5.74) is -1.21. The molecule has 0 unspecified atom stereocenters. The summed E-state index contributed by atoms with van der Waals surface area (Å²) in [4.78, 5) is 24.2. The fourth-order valence-electron chi connectivity index (χ4n) is 2.38. The Morgan fingerprint density at radius 1 is 1.33 bits per heavy atom. The first kappa shape index (κ1) is 13.2. The first-order valence-electron chi connectivity index (χ1n) is 6.24. The summed E-state index contributed by atoms with van der Waals surface area (Å²) in [5, 5.41) is 10.5. The summed E-state index contributed by atoms with van der Waals surface area (Å²) in [6, 6.07) is 6.95. The van der Waals surface area contributed by atoms with Gasteiger partial charge >= 0.3 is 5.63 Å². The van der Waals surface area contributed by atoms with Crippen molar-refractivity contribution in [2.45, 2.75) is 6.54 Å². The summed E-state index contributed by atoms with van der Waals surface area (Å²) in [6.45, 7) is 3.88. The highest BCUT2D eigenvalue weighted by molar-refractivity contribution is 6.35. The van der Waals surface area contributed by atoms with Crippen LogP contribution >= 0.6 is 0 Å². The van der Waals surface area contributed by atoms with E-state index in [0.29, 0.717) is 10.9 Å². The summed E-state index contributed by atoms with van der Waals surface area (Å²) >= 11 is 0. The van der Waals surface area contributed by atoms with Gasteiger partial charge in [0.25, 0.3) is 5.56 Å². The van der Waals surface area contributed by atoms with Crippen LogP contribution in [0, 0.1) is 0 Å². The van der Waals surface area contributed by atoms with Crippen LogP contribution < -0.4 is 16.6 Å². The van der Waals surface area contributed by atoms with Crippen LogP contribution in [0.2, 0.25) is 0 Å². The van der Waals surface area contributed by atoms with E-state index in [1.807, 2.05) is 0 Å². The Labute approximate surface area is 120 Å². The second-order valence-corrected chi connectivity index (χ2v) is 4.58. The van der Waals surface area contributed by atoms with Crippen molar-refractivity contribution in [1.82, 2.24) is 4.57 Å². The molecule has 0 saturated carbocycles. The maximum absolute atomic E-state index is 12.6. The molecule has 0 aliphatic carbocycles. The molecule has 102 valence electrons. The van der Waals surface area contributed by atoms with Crippen LogP contribution in [-0.4, -0.2) is 17.5 Å². The van der Waals surface area contributed by atoms with Gasteiger partial charge in [-0.2, -0.15) is 0 Å². The standard InChI is InChI=1S/C15H10BNO4/c1-2-7-17-9-6-4-3-5-8(9)13-10(14(17)19)12(18)11(16)15(20)21-13/h2-6,18H,1,7H2. The number of para-hydroxylation sites is 1. The average molecular weight is 279 g/mol. The number of pyridine rings is 1. The molecule has 2 heterocycles. The van der Waals surface area contributed by atoms with E-state index in [0.717, 1.165) is 0 Å². The van der Waals surface area contributed by atoms with Gasteiger partial charge in [-0.25, -0.2) is 4.79 Å². The van der Waals surface area contributed by atoms with Crippen LogP contribution in [-0.2, 0) is 6.54 Å². The molecule has 0 atom stereocenters. The molecule has 1 aromatic carbocycles. The second kappa shape index (κ2) is 4.66. The van der Waals surface area contributed by atoms with Crippen molar-refractivity contribution >= 4 is 35.2 Å². The molecule has 0 saturated heterocycles. The van der Waals surface area contributed by atoms with Gasteiger partial charge in [0.15, 0.2) is 5.58 Å². The summed E-state index contributed by atoms with van der Waals surface area (Å²) < 4.78 is 6.56. The second-order valence-electron chi connectivity index (χ2n) is 4.58. The average Bonchev–Trinajstić information content (AvgIpc) is 2.48. The third-order valence-electron chi connectivity index (χ3n) is 3.34. The zero-order valence-electron chi connectivity index (χ0n) is 11.0. The SMILES string of the molecule is [B]c1c(O)c2c(=O)n(CC=C)c3ccccc3c2oc1=O. The maximum atomic E-state index is 12.6. The van der Waals surface area contributed by atoms with E-state index in [2.05, 4.69) is 6.58 Å². The molecule has 0 aliphatic heterocycles. The Morgan fingerprint density at radius 3 is 2.76 bits per heavy atom. The van der Waals surface area contributed by atoms with Gasteiger partial charge in [0.05, 0.1) is 5.52 Å². The van der Waals surface area contributed by atoms with Gasteiger partial charge in [0.2, 0.25) is 0 Å². The molecule has 0 aliphatic rings. The Hall–Kier alpha value is -2.76. The van der Waals surface area contributed by atoms with Crippen LogP contribution in [0.4, 0.5) is 0 Å². The quantitative estimate of drug-likeness (QED) is 0.427. The minimum Gasteiger partial charge on any atom is -0.507 e. The van der Waals surface area contributed by atoms with Crippen LogP contribution in [0.1, 0.15) is 0 Å². The lowest BCUT2D eigenvalue weighted by molar-refractivity contribution is 0.474. The predicted octanol–water partition coefficient (Wildman–Crippen LogP) is 0.793. The highest BCUT2D eigenvalue weighted by Crippen LogP contribution is 2.25. The lowest BCUT2D eigenvalue weighted by Crippen LogP contribution is -2.28. The molecular weight excluding hydrogens is 269 g/mol. The Balaban J connectivity index is 2.71. The molecule has 2 aromatic heterocycles. The number of aromatic nitrogens is 1. The third kappa shape index (κ3) is 1.80. The molecule has 1 N–H and O–H groups in total. The zero-order chi connectivity index (χ0) is 15.1. The molecule has 21 heavy (non-hydrogen) atoms. The molecule has 3 aromatic rings. The van der Waals surface area contributed by atoms with Crippen molar-refractivity contribution in [2.75, 3.05) is 0 Å². The van der Waals surface area contributed by atoms with Crippen molar-refractivity contribution in [2.24, 2.45) is 0 Å². The normalized spacial score (nSPS) is 11.0. The number of allylic oxidation sites excluding steroid dienone is 1. The van der Waals surface area contributed by atoms with Crippen molar-refractivity contribution in [1.29, 1.82) is 0 Å². The number of hydrogen-bond acceptors (Lipinski definition) is 4. The van der Waals surface area contributed by atoms with Gasteiger partial charge < -0.3 is 14.1 Å². The summed E-state index contributed by atoms with van der Waals surface area (Å²) in [5.74, 6) is -0.546. The van der Waals surface area contributed by atoms with Gasteiger partial charge in [-0.15, -0.1) is 6.58 Å². The van der Waals surface area contributed by atoms with Crippen LogP contribution in [0.25, 0.3) is 21.9 Å². The highest BCUT2D eigenvalue weighted by atomic mass is 16.4. The topological polar surface area (TPSA) is 72.4 Å². The smallest absolute Gasteiger partial charge is 0.332 e. The number of benzene rings is 1. The van der Waals surface area contributed by atoms with Crippen molar-refractivity contribution in [3.8, 4) is 5.75 Å². The molecular formula is C15H10BNO4. The minimum absolute atomic E-state index is 0.0348. The molecule has 6 heteroatoms. The van der Waals surface area contributed by atoms with Crippen LogP contribution in [0.5, 0.6) is 5.75 Å². The fraction of sp³-hybridized carbons (Fsp3) is 0.0667. The minimum atomic E-state index is -0.869. The van der Waals surface area contributed by atoms with Crippen LogP contribution in [0.3, 0.4) is 0 Å². The van der Waals surface area contributed by atoms with Gasteiger partial charge in [-0.3, -0.25) is 4.79 Å². The molecule has 0 bridgehead atoms. The van der Waals surface area contributed by atoms with Gasteiger partial charge in [-0.1, -0.05) is 18.2 Å². The summed E-state index contributed by atoms with van der Waals surface area (Å²) in [6.07, 6.45) is 1.57. The fourth-order valence-corrected chi connectivity index (χ4v) is 2.38. The number of hydrogen-bond donors (Lipinski definition) is 1. The van der Waals surface area contributed by atoms with E-state index in [1.54, 1.807) is 30.3 Å². The van der Waals surface area contributed by atoms with Gasteiger partial charge in [0, 0.05) is 17.4 Å². The van der Waals surface area contributed by atoms with E-state index >= 15 is 0 Å². The first-order chi connectivity index (χ1) is 10.1. The van der Waals surface area contributed by atoms with Gasteiger partial charge in [-0.05, 0) is 12.1 Å². The van der Waals surface area contributed by atoms with E-state index < -0.39 is 22.4 Å². The van der Waals surface area contributed by atoms with E-state index in [1.165, 1.54) is 4.57 Å². The largest absolute Gasteiger partial charge is 0.507 e. The Morgan fingerprint density at radius 2 is 2.05 bits per heavy atom. The number of rotatable bonds is 2. The van der Waals surface area contributed by atoms with Gasteiger partial charge in [0.1, 0.15) is 19.0 Å². The monoisotopic (exact) mass is 279 g/mol. The highest BCUT2D eigenvalue weighted by Gasteiger charge is 2.18. The molecule has 0 amide bonds. The molecule has 2 radical (unpaired) electrons. The lowest BCUT2D eigenvalue weighted by Gasteiger charge is -2.11. The Bertz CT molecular complexity index is 1000. The molecule has 5 nitrogen and oxygen atoms in total. The summed E-state index contributed by atoms with van der Waals surface area (Å²) in [7, 11) is 5.46. The van der Waals surface area contributed by atoms with Crippen molar-refractivity contribution < 1.29 is 9.52 Å². The lowest BCUT2D eigenvalue weighted by atomic mass is 9.95. The molecule has 0 spiro atoms.